The van der Waals surface area contributed by atoms with Crippen LogP contribution in [0.3, 0.4) is 0 Å². The quantitative estimate of drug-likeness (QED) is 0.852. The third kappa shape index (κ3) is 2.76. The van der Waals surface area contributed by atoms with E-state index in [4.69, 9.17) is 4.98 Å². The second kappa shape index (κ2) is 6.46. The first-order valence-corrected chi connectivity index (χ1v) is 9.19. The summed E-state index contributed by atoms with van der Waals surface area (Å²) in [4.78, 5) is 21.9. The maximum atomic E-state index is 12.7. The summed E-state index contributed by atoms with van der Waals surface area (Å²) in [5.41, 5.74) is 2.20. The first-order valence-electron chi connectivity index (χ1n) is 9.19. The summed E-state index contributed by atoms with van der Waals surface area (Å²) in [5.74, 6) is 1.68. The van der Waals surface area contributed by atoms with Gasteiger partial charge in [-0.05, 0) is 25.0 Å². The third-order valence-electron chi connectivity index (χ3n) is 5.59. The van der Waals surface area contributed by atoms with Crippen LogP contribution in [0.1, 0.15) is 32.1 Å². The second-order valence-corrected chi connectivity index (χ2v) is 7.11. The Morgan fingerprint density at radius 3 is 2.46 bits per heavy atom. The number of carbonyl (C=O) groups is 1. The number of piperazine rings is 1. The normalized spacial score (nSPS) is 19.9. The van der Waals surface area contributed by atoms with Crippen molar-refractivity contribution in [3.05, 3.63) is 24.3 Å². The van der Waals surface area contributed by atoms with Crippen LogP contribution in [0, 0.1) is 5.92 Å². The Morgan fingerprint density at radius 2 is 1.75 bits per heavy atom. The van der Waals surface area contributed by atoms with Gasteiger partial charge in [-0.25, -0.2) is 4.98 Å². The number of benzene rings is 1. The number of anilines is 1. The number of fused-ring (bicyclic) bond motifs is 1. The largest absolute Gasteiger partial charge is 0.339 e. The molecular weight excluding hydrogens is 300 g/mol. The van der Waals surface area contributed by atoms with Gasteiger partial charge in [-0.1, -0.05) is 31.4 Å². The highest BCUT2D eigenvalue weighted by Gasteiger charge is 2.29. The van der Waals surface area contributed by atoms with Gasteiger partial charge in [0, 0.05) is 39.1 Å². The molecule has 0 atom stereocenters. The number of rotatable bonds is 2. The topological polar surface area (TPSA) is 41.4 Å². The van der Waals surface area contributed by atoms with E-state index in [9.17, 15) is 4.79 Å². The van der Waals surface area contributed by atoms with E-state index in [1.54, 1.807) is 0 Å². The summed E-state index contributed by atoms with van der Waals surface area (Å²) in [6.45, 7) is 3.38. The van der Waals surface area contributed by atoms with E-state index in [1.807, 2.05) is 6.07 Å². The lowest BCUT2D eigenvalue weighted by molar-refractivity contribution is -0.136. The Balaban J connectivity index is 1.43. The van der Waals surface area contributed by atoms with Crippen LogP contribution in [0.5, 0.6) is 0 Å². The average molecular weight is 326 g/mol. The standard InChI is InChI=1S/C19H26N4O/c1-21-17-10-6-5-9-16(17)20-19(21)23-13-11-22(12-14-23)18(24)15-7-3-2-4-8-15/h5-6,9-10,15H,2-4,7-8,11-14H2,1H3. The molecule has 2 fully saturated rings. The summed E-state index contributed by atoms with van der Waals surface area (Å²) in [5, 5.41) is 0. The fourth-order valence-electron chi connectivity index (χ4n) is 4.15. The van der Waals surface area contributed by atoms with Crippen molar-refractivity contribution in [2.24, 2.45) is 13.0 Å². The van der Waals surface area contributed by atoms with Gasteiger partial charge in [-0.3, -0.25) is 4.79 Å². The smallest absolute Gasteiger partial charge is 0.225 e. The molecule has 5 heteroatoms. The molecule has 0 N–H and O–H groups in total. The van der Waals surface area contributed by atoms with Crippen LogP contribution in [-0.4, -0.2) is 46.5 Å². The van der Waals surface area contributed by atoms with Crippen LogP contribution < -0.4 is 4.90 Å². The number of hydrogen-bond acceptors (Lipinski definition) is 3. The number of aryl methyl sites for hydroxylation is 1. The van der Waals surface area contributed by atoms with Crippen LogP contribution in [0.15, 0.2) is 24.3 Å². The fourth-order valence-corrected chi connectivity index (χ4v) is 4.15. The highest BCUT2D eigenvalue weighted by molar-refractivity contribution is 5.80. The molecule has 2 aromatic rings. The summed E-state index contributed by atoms with van der Waals surface area (Å²) >= 11 is 0. The van der Waals surface area contributed by atoms with E-state index >= 15 is 0 Å². The van der Waals surface area contributed by atoms with Gasteiger partial charge in [0.1, 0.15) is 0 Å². The Labute approximate surface area is 143 Å². The van der Waals surface area contributed by atoms with Crippen molar-refractivity contribution in [1.29, 1.82) is 0 Å². The van der Waals surface area contributed by atoms with Gasteiger partial charge >= 0.3 is 0 Å². The first kappa shape index (κ1) is 15.5. The zero-order valence-corrected chi connectivity index (χ0v) is 14.4. The first-order chi connectivity index (χ1) is 11.7. The zero-order valence-electron chi connectivity index (χ0n) is 14.4. The van der Waals surface area contributed by atoms with E-state index in [0.717, 1.165) is 56.0 Å². The molecule has 2 aliphatic rings. The molecule has 1 aromatic heterocycles. The SMILES string of the molecule is Cn1c(N2CCN(C(=O)C3CCCCC3)CC2)nc2ccccc21. The predicted molar refractivity (Wildman–Crippen MR) is 96.1 cm³/mol. The lowest BCUT2D eigenvalue weighted by Gasteiger charge is -2.37. The van der Waals surface area contributed by atoms with Crippen LogP contribution in [-0.2, 0) is 11.8 Å². The highest BCUT2D eigenvalue weighted by Crippen LogP contribution is 2.27. The number of hydrogen-bond donors (Lipinski definition) is 0. The minimum atomic E-state index is 0.279. The van der Waals surface area contributed by atoms with Gasteiger partial charge in [0.2, 0.25) is 11.9 Å². The van der Waals surface area contributed by atoms with Gasteiger partial charge in [0.05, 0.1) is 11.0 Å². The number of para-hydroxylation sites is 2. The molecule has 1 aliphatic carbocycles. The molecule has 1 amide bonds. The highest BCUT2D eigenvalue weighted by atomic mass is 16.2. The number of nitrogens with zero attached hydrogens (tertiary/aromatic N) is 4. The van der Waals surface area contributed by atoms with Crippen LogP contribution in [0.4, 0.5) is 5.95 Å². The number of amides is 1. The molecule has 2 heterocycles. The third-order valence-corrected chi connectivity index (χ3v) is 5.59. The van der Waals surface area contributed by atoms with E-state index in [2.05, 4.69) is 39.6 Å². The summed E-state index contributed by atoms with van der Waals surface area (Å²) < 4.78 is 2.16. The lowest BCUT2D eigenvalue weighted by Crippen LogP contribution is -2.51. The Hall–Kier alpha value is -2.04. The molecule has 1 saturated carbocycles. The molecule has 0 unspecified atom stereocenters. The minimum absolute atomic E-state index is 0.279. The molecule has 4 rings (SSSR count). The molecular formula is C19H26N4O. The zero-order chi connectivity index (χ0) is 16.5. The van der Waals surface area contributed by atoms with E-state index in [-0.39, 0.29) is 5.92 Å². The van der Waals surface area contributed by atoms with E-state index in [0.29, 0.717) is 5.91 Å². The predicted octanol–water partition coefficient (Wildman–Crippen LogP) is 2.80. The summed E-state index contributed by atoms with van der Waals surface area (Å²) in [6, 6.07) is 8.24. The van der Waals surface area contributed by atoms with Crippen molar-refractivity contribution < 1.29 is 4.79 Å². The Bertz CT molecular complexity index is 724. The van der Waals surface area contributed by atoms with Gasteiger partial charge in [-0.15, -0.1) is 0 Å². The minimum Gasteiger partial charge on any atom is -0.339 e. The fraction of sp³-hybridized carbons (Fsp3) is 0.579. The summed E-state index contributed by atoms with van der Waals surface area (Å²) in [7, 11) is 2.07. The van der Waals surface area contributed by atoms with Crippen molar-refractivity contribution in [1.82, 2.24) is 14.5 Å². The van der Waals surface area contributed by atoms with E-state index in [1.165, 1.54) is 19.3 Å². The Morgan fingerprint density at radius 1 is 1.04 bits per heavy atom. The van der Waals surface area contributed by atoms with Crippen molar-refractivity contribution in [3.63, 3.8) is 0 Å². The monoisotopic (exact) mass is 326 g/mol. The molecule has 0 spiro atoms. The van der Waals surface area contributed by atoms with Crippen LogP contribution in [0.2, 0.25) is 0 Å². The van der Waals surface area contributed by atoms with Crippen molar-refractivity contribution >= 4 is 22.9 Å². The van der Waals surface area contributed by atoms with Crippen molar-refractivity contribution in [2.75, 3.05) is 31.1 Å². The lowest BCUT2D eigenvalue weighted by atomic mass is 9.88. The molecule has 0 bridgehead atoms. The summed E-state index contributed by atoms with van der Waals surface area (Å²) in [6.07, 6.45) is 5.91. The number of aromatic nitrogens is 2. The van der Waals surface area contributed by atoms with Gasteiger partial charge in [0.25, 0.3) is 0 Å². The molecule has 24 heavy (non-hydrogen) atoms. The van der Waals surface area contributed by atoms with Crippen molar-refractivity contribution in [3.8, 4) is 0 Å². The maximum Gasteiger partial charge on any atom is 0.225 e. The molecule has 1 aromatic carbocycles. The molecule has 1 saturated heterocycles. The van der Waals surface area contributed by atoms with Gasteiger partial charge < -0.3 is 14.4 Å². The molecule has 1 aliphatic heterocycles. The molecule has 0 radical (unpaired) electrons. The maximum absolute atomic E-state index is 12.7. The van der Waals surface area contributed by atoms with Crippen LogP contribution in [0.25, 0.3) is 11.0 Å². The van der Waals surface area contributed by atoms with Gasteiger partial charge in [-0.2, -0.15) is 0 Å². The number of imidazole rings is 1. The second-order valence-electron chi connectivity index (χ2n) is 7.11. The average Bonchev–Trinajstić information content (AvgIpc) is 2.99. The molecule has 128 valence electrons. The van der Waals surface area contributed by atoms with Crippen molar-refractivity contribution in [2.45, 2.75) is 32.1 Å². The van der Waals surface area contributed by atoms with Crippen LogP contribution >= 0.6 is 0 Å². The van der Waals surface area contributed by atoms with E-state index < -0.39 is 0 Å². The number of carbonyl (C=O) groups excluding carboxylic acids is 1. The Kier molecular flexibility index (Phi) is 4.17. The van der Waals surface area contributed by atoms with Gasteiger partial charge in [0.15, 0.2) is 0 Å². The molecule has 5 nitrogen and oxygen atoms in total.